The summed E-state index contributed by atoms with van der Waals surface area (Å²) < 4.78 is 0. The highest BCUT2D eigenvalue weighted by Gasteiger charge is 2.25. The first kappa shape index (κ1) is 20.6. The Morgan fingerprint density at radius 3 is 2.41 bits per heavy atom. The van der Waals surface area contributed by atoms with Gasteiger partial charge in [0.05, 0.1) is 0 Å². The molecular formula is C23H22N2O3S. The molecule has 3 rings (SSSR count). The second kappa shape index (κ2) is 8.92. The van der Waals surface area contributed by atoms with Crippen LogP contribution in [0, 0.1) is 5.41 Å². The van der Waals surface area contributed by atoms with Gasteiger partial charge in [-0.1, -0.05) is 55.1 Å². The van der Waals surface area contributed by atoms with Crippen molar-refractivity contribution in [2.45, 2.75) is 26.7 Å². The molecule has 0 unspecified atom stereocenters. The van der Waals surface area contributed by atoms with Gasteiger partial charge in [0.1, 0.15) is 4.91 Å². The molecule has 5 nitrogen and oxygen atoms in total. The van der Waals surface area contributed by atoms with Crippen molar-refractivity contribution >= 4 is 41.1 Å². The van der Waals surface area contributed by atoms with Gasteiger partial charge in [-0.2, -0.15) is 0 Å². The molecule has 1 amide bonds. The average molecular weight is 407 g/mol. The van der Waals surface area contributed by atoms with Gasteiger partial charge in [-0.3, -0.25) is 4.79 Å². The topological polar surface area (TPSA) is 90.3 Å². The maximum atomic E-state index is 11.8. The lowest BCUT2D eigenvalue weighted by Crippen LogP contribution is -2.08. The Kier molecular flexibility index (Phi) is 6.34. The fourth-order valence-electron chi connectivity index (χ4n) is 3.30. The molecule has 1 heterocycles. The minimum Gasteiger partial charge on any atom is -0.477 e. The Morgan fingerprint density at radius 1 is 1.14 bits per heavy atom. The standard InChI is InChI=1S/C23H22N2O3S/c1-3-21-18(13-24)12-20(22(29-21)23(27)28)16-9-7-15(8-10-16)17-5-4-6-19(11-17)25-14(2)26/h4-11,13,24H,3,12H2,1-2H3,(H,25,26)(H,27,28). The lowest BCUT2D eigenvalue weighted by molar-refractivity contribution is -0.131. The highest BCUT2D eigenvalue weighted by atomic mass is 32.2. The monoisotopic (exact) mass is 406 g/mol. The van der Waals surface area contributed by atoms with E-state index in [4.69, 9.17) is 5.41 Å². The molecule has 0 saturated carbocycles. The summed E-state index contributed by atoms with van der Waals surface area (Å²) in [6.45, 7) is 3.44. The molecule has 29 heavy (non-hydrogen) atoms. The van der Waals surface area contributed by atoms with Crippen LogP contribution in [0.1, 0.15) is 32.3 Å². The minimum atomic E-state index is -0.938. The molecule has 0 radical (unpaired) electrons. The van der Waals surface area contributed by atoms with Crippen LogP contribution in [0.5, 0.6) is 0 Å². The summed E-state index contributed by atoms with van der Waals surface area (Å²) in [5.41, 5.74) is 5.10. The average Bonchev–Trinajstić information content (AvgIpc) is 2.72. The van der Waals surface area contributed by atoms with Crippen LogP contribution >= 0.6 is 11.8 Å². The third kappa shape index (κ3) is 4.66. The fraction of sp³-hybridized carbons (Fsp3) is 0.174. The van der Waals surface area contributed by atoms with E-state index in [0.29, 0.717) is 17.7 Å². The van der Waals surface area contributed by atoms with Gasteiger partial charge in [0, 0.05) is 25.2 Å². The van der Waals surface area contributed by atoms with Gasteiger partial charge in [-0.15, -0.1) is 0 Å². The number of hydrogen-bond donors (Lipinski definition) is 3. The molecule has 148 valence electrons. The van der Waals surface area contributed by atoms with E-state index in [-0.39, 0.29) is 5.91 Å². The smallest absolute Gasteiger partial charge is 0.342 e. The Labute approximate surface area is 174 Å². The van der Waals surface area contributed by atoms with Gasteiger partial charge in [0.25, 0.3) is 0 Å². The number of nitrogens with one attached hydrogen (secondary N) is 2. The molecule has 0 saturated heterocycles. The molecule has 1 aliphatic heterocycles. The second-order valence-electron chi connectivity index (χ2n) is 6.68. The van der Waals surface area contributed by atoms with Crippen molar-refractivity contribution < 1.29 is 14.7 Å². The highest BCUT2D eigenvalue weighted by Crippen LogP contribution is 2.43. The number of carbonyl (C=O) groups excluding carboxylic acids is 1. The summed E-state index contributed by atoms with van der Waals surface area (Å²) in [6.07, 6.45) is 2.48. The molecule has 6 heteroatoms. The first-order valence-corrected chi connectivity index (χ1v) is 10.1. The lowest BCUT2D eigenvalue weighted by atomic mass is 9.94. The predicted octanol–water partition coefficient (Wildman–Crippen LogP) is 5.56. The van der Waals surface area contributed by atoms with E-state index in [9.17, 15) is 14.7 Å². The first-order valence-electron chi connectivity index (χ1n) is 9.28. The number of aliphatic carboxylic acids is 1. The van der Waals surface area contributed by atoms with E-state index >= 15 is 0 Å². The third-order valence-electron chi connectivity index (χ3n) is 4.66. The van der Waals surface area contributed by atoms with Crippen LogP contribution in [0.2, 0.25) is 0 Å². The number of hydrogen-bond acceptors (Lipinski definition) is 4. The lowest BCUT2D eigenvalue weighted by Gasteiger charge is -2.21. The zero-order valence-electron chi connectivity index (χ0n) is 16.3. The van der Waals surface area contributed by atoms with E-state index < -0.39 is 5.97 Å². The molecule has 0 bridgehead atoms. The van der Waals surface area contributed by atoms with Crippen LogP contribution in [0.3, 0.4) is 0 Å². The number of allylic oxidation sites excluding steroid dienone is 3. The number of carbonyl (C=O) groups is 2. The summed E-state index contributed by atoms with van der Waals surface area (Å²) >= 11 is 1.25. The Morgan fingerprint density at radius 2 is 1.83 bits per heavy atom. The molecule has 0 aromatic heterocycles. The van der Waals surface area contributed by atoms with Gasteiger partial charge in [-0.05, 0) is 51.3 Å². The van der Waals surface area contributed by atoms with Crippen LogP contribution in [-0.2, 0) is 9.59 Å². The molecule has 3 N–H and O–H groups in total. The number of amides is 1. The fourth-order valence-corrected chi connectivity index (χ4v) is 4.35. The van der Waals surface area contributed by atoms with E-state index in [1.54, 1.807) is 0 Å². The van der Waals surface area contributed by atoms with Crippen molar-refractivity contribution in [2.75, 3.05) is 5.32 Å². The van der Waals surface area contributed by atoms with Crippen molar-refractivity contribution in [1.82, 2.24) is 0 Å². The minimum absolute atomic E-state index is 0.123. The third-order valence-corrected chi connectivity index (χ3v) is 6.09. The normalized spacial score (nSPS) is 14.0. The second-order valence-corrected chi connectivity index (χ2v) is 7.78. The maximum absolute atomic E-state index is 11.8. The van der Waals surface area contributed by atoms with Crippen LogP contribution in [0.4, 0.5) is 5.69 Å². The van der Waals surface area contributed by atoms with E-state index in [2.05, 4.69) is 5.32 Å². The summed E-state index contributed by atoms with van der Waals surface area (Å²) in [6, 6.07) is 15.3. The molecule has 1 aliphatic rings. The number of carboxylic acid groups (broad SMARTS) is 1. The van der Waals surface area contributed by atoms with Crippen molar-refractivity contribution in [2.24, 2.45) is 0 Å². The molecule has 2 aromatic carbocycles. The largest absolute Gasteiger partial charge is 0.477 e. The molecule has 0 spiro atoms. The summed E-state index contributed by atoms with van der Waals surface area (Å²) in [5.74, 6) is -1.06. The SMILES string of the molecule is CCC1=C(C=N)CC(c2ccc(-c3cccc(NC(C)=O)c3)cc2)=C(C(=O)O)S1. The first-order chi connectivity index (χ1) is 13.9. The number of rotatable bonds is 6. The van der Waals surface area contributed by atoms with Gasteiger partial charge in [0.15, 0.2) is 0 Å². The zero-order valence-corrected chi connectivity index (χ0v) is 17.1. The van der Waals surface area contributed by atoms with Crippen LogP contribution in [0.25, 0.3) is 16.7 Å². The van der Waals surface area contributed by atoms with Crippen molar-refractivity contribution in [3.63, 3.8) is 0 Å². The van der Waals surface area contributed by atoms with Gasteiger partial charge in [0.2, 0.25) is 5.91 Å². The van der Waals surface area contributed by atoms with E-state index in [0.717, 1.165) is 38.4 Å². The van der Waals surface area contributed by atoms with E-state index in [1.165, 1.54) is 24.9 Å². The van der Waals surface area contributed by atoms with Crippen molar-refractivity contribution in [3.8, 4) is 11.1 Å². The molecule has 0 fully saturated rings. The van der Waals surface area contributed by atoms with E-state index in [1.807, 2.05) is 55.5 Å². The predicted molar refractivity (Wildman–Crippen MR) is 119 cm³/mol. The van der Waals surface area contributed by atoms with Gasteiger partial charge < -0.3 is 15.8 Å². The molecule has 0 aliphatic carbocycles. The molecule has 2 aromatic rings. The quantitative estimate of drug-likeness (QED) is 0.548. The summed E-state index contributed by atoms with van der Waals surface area (Å²) in [7, 11) is 0. The number of anilines is 1. The zero-order chi connectivity index (χ0) is 21.0. The number of carboxylic acids is 1. The van der Waals surface area contributed by atoms with Crippen molar-refractivity contribution in [3.05, 3.63) is 69.5 Å². The van der Waals surface area contributed by atoms with Gasteiger partial charge in [-0.25, -0.2) is 4.79 Å². The maximum Gasteiger partial charge on any atom is 0.342 e. The Balaban J connectivity index is 1.94. The number of benzene rings is 2. The van der Waals surface area contributed by atoms with Crippen LogP contribution in [0.15, 0.2) is 63.9 Å². The van der Waals surface area contributed by atoms with Gasteiger partial charge >= 0.3 is 5.97 Å². The Bertz CT molecular complexity index is 1040. The Hall–Kier alpha value is -3.12. The highest BCUT2D eigenvalue weighted by molar-refractivity contribution is 8.07. The van der Waals surface area contributed by atoms with Crippen molar-refractivity contribution in [1.29, 1.82) is 5.41 Å². The van der Waals surface area contributed by atoms with Crippen LogP contribution < -0.4 is 5.32 Å². The summed E-state index contributed by atoms with van der Waals surface area (Å²) in [5, 5.41) is 20.1. The number of thioether (sulfide) groups is 1. The summed E-state index contributed by atoms with van der Waals surface area (Å²) in [4.78, 5) is 24.4. The molecular weight excluding hydrogens is 384 g/mol. The van der Waals surface area contributed by atoms with Crippen LogP contribution in [-0.4, -0.2) is 23.2 Å². The molecule has 0 atom stereocenters.